The average Bonchev–Trinajstić information content (AvgIpc) is 2.88. The molecule has 0 unspecified atom stereocenters. The van der Waals surface area contributed by atoms with E-state index in [2.05, 4.69) is 0 Å². The molecule has 0 spiro atoms. The molecule has 0 aliphatic rings. The van der Waals surface area contributed by atoms with Crippen LogP contribution in [0.25, 0.3) is 0 Å². The maximum absolute atomic E-state index is 13.7. The molecule has 0 aromatic heterocycles. The highest BCUT2D eigenvalue weighted by Gasteiger charge is 2.29. The van der Waals surface area contributed by atoms with Crippen LogP contribution in [0.4, 0.5) is 5.69 Å². The summed E-state index contributed by atoms with van der Waals surface area (Å²) in [5.74, 6) is -0.321. The number of hydrogen-bond donors (Lipinski definition) is 0. The van der Waals surface area contributed by atoms with Crippen molar-refractivity contribution in [1.29, 1.82) is 0 Å². The molecule has 0 saturated carbocycles. The number of nitrogens with zero attached hydrogens (tertiary/aromatic N) is 2. The number of sulfonamides is 1. The Morgan fingerprint density at radius 1 is 0.750 bits per heavy atom. The minimum Gasteiger partial charge on any atom is -0.332 e. The first-order chi connectivity index (χ1) is 17.3. The number of anilines is 1. The van der Waals surface area contributed by atoms with Crippen LogP contribution in [0.3, 0.4) is 0 Å². The van der Waals surface area contributed by atoms with Crippen LogP contribution in [0.15, 0.2) is 114 Å². The lowest BCUT2D eigenvalue weighted by Gasteiger charge is -2.29. The molecule has 0 radical (unpaired) electrons. The Hall–Kier alpha value is -3.61. The first kappa shape index (κ1) is 25.5. The number of rotatable bonds is 9. The van der Waals surface area contributed by atoms with Crippen molar-refractivity contribution >= 4 is 33.2 Å². The van der Waals surface area contributed by atoms with Crippen LogP contribution in [0, 0.1) is 6.92 Å². The molecule has 0 saturated heterocycles. The smallest absolute Gasteiger partial charge is 0.264 e. The van der Waals surface area contributed by atoms with E-state index in [0.29, 0.717) is 23.8 Å². The normalized spacial score (nSPS) is 11.2. The SMILES string of the molecule is Cc1ccc(S(=O)(=O)N(CC(=O)N(Cc2ccccc2)Cc2ccccc2)c2cccc(Cl)c2)cc1. The Balaban J connectivity index is 1.70. The van der Waals surface area contributed by atoms with Gasteiger partial charge in [0, 0.05) is 18.1 Å². The van der Waals surface area contributed by atoms with E-state index in [1.807, 2.05) is 67.6 Å². The fraction of sp³-hybridized carbons (Fsp3) is 0.138. The van der Waals surface area contributed by atoms with E-state index in [4.69, 9.17) is 11.6 Å². The highest BCUT2D eigenvalue weighted by atomic mass is 35.5. The van der Waals surface area contributed by atoms with Crippen molar-refractivity contribution in [3.63, 3.8) is 0 Å². The second kappa shape index (κ2) is 11.4. The maximum Gasteiger partial charge on any atom is 0.264 e. The van der Waals surface area contributed by atoms with Crippen molar-refractivity contribution in [2.75, 3.05) is 10.8 Å². The van der Waals surface area contributed by atoms with Crippen LogP contribution in [0.2, 0.25) is 5.02 Å². The van der Waals surface area contributed by atoms with E-state index in [1.165, 1.54) is 0 Å². The van der Waals surface area contributed by atoms with Gasteiger partial charge >= 0.3 is 0 Å². The lowest BCUT2D eigenvalue weighted by molar-refractivity contribution is -0.130. The van der Waals surface area contributed by atoms with E-state index in [1.54, 1.807) is 53.4 Å². The van der Waals surface area contributed by atoms with Gasteiger partial charge in [0.25, 0.3) is 10.0 Å². The Morgan fingerprint density at radius 3 is 1.83 bits per heavy atom. The van der Waals surface area contributed by atoms with Crippen LogP contribution >= 0.6 is 11.6 Å². The quantitative estimate of drug-likeness (QED) is 0.270. The molecule has 4 aromatic rings. The van der Waals surface area contributed by atoms with Gasteiger partial charge in [-0.15, -0.1) is 0 Å². The molecule has 36 heavy (non-hydrogen) atoms. The summed E-state index contributed by atoms with van der Waals surface area (Å²) in [4.78, 5) is 15.5. The first-order valence-electron chi connectivity index (χ1n) is 11.5. The van der Waals surface area contributed by atoms with E-state index < -0.39 is 10.0 Å². The van der Waals surface area contributed by atoms with Gasteiger partial charge in [0.15, 0.2) is 0 Å². The summed E-state index contributed by atoms with van der Waals surface area (Å²) in [6, 6.07) is 32.4. The Bertz CT molecular complexity index is 1370. The van der Waals surface area contributed by atoms with E-state index >= 15 is 0 Å². The lowest BCUT2D eigenvalue weighted by Crippen LogP contribution is -2.42. The number of hydrogen-bond acceptors (Lipinski definition) is 3. The van der Waals surface area contributed by atoms with Crippen LogP contribution < -0.4 is 4.31 Å². The predicted octanol–water partition coefficient (Wildman–Crippen LogP) is 6.07. The van der Waals surface area contributed by atoms with Gasteiger partial charge in [0.05, 0.1) is 10.6 Å². The van der Waals surface area contributed by atoms with Crippen molar-refractivity contribution < 1.29 is 13.2 Å². The highest BCUT2D eigenvalue weighted by molar-refractivity contribution is 7.92. The highest BCUT2D eigenvalue weighted by Crippen LogP contribution is 2.27. The zero-order valence-corrected chi connectivity index (χ0v) is 21.5. The van der Waals surface area contributed by atoms with Gasteiger partial charge in [-0.25, -0.2) is 8.42 Å². The molecule has 1 amide bonds. The number of benzene rings is 4. The molecule has 0 bridgehead atoms. The zero-order valence-electron chi connectivity index (χ0n) is 19.9. The van der Waals surface area contributed by atoms with Gasteiger partial charge in [0.1, 0.15) is 6.54 Å². The van der Waals surface area contributed by atoms with Crippen molar-refractivity contribution in [3.8, 4) is 0 Å². The van der Waals surface area contributed by atoms with Gasteiger partial charge < -0.3 is 4.90 Å². The van der Waals surface area contributed by atoms with Gasteiger partial charge in [0.2, 0.25) is 5.91 Å². The lowest BCUT2D eigenvalue weighted by atomic mass is 10.1. The standard InChI is InChI=1S/C29H27ClN2O3S/c1-23-15-17-28(18-16-23)36(34,35)32(27-14-8-13-26(30)19-27)22-29(33)31(20-24-9-4-2-5-10-24)21-25-11-6-3-7-12-25/h2-19H,20-22H2,1H3. The zero-order chi connectivity index (χ0) is 25.5. The summed E-state index contributed by atoms with van der Waals surface area (Å²) < 4.78 is 28.6. The Kier molecular flexibility index (Phi) is 8.08. The van der Waals surface area contributed by atoms with Crippen molar-refractivity contribution in [3.05, 3.63) is 131 Å². The molecule has 0 aliphatic heterocycles. The van der Waals surface area contributed by atoms with Crippen molar-refractivity contribution in [2.45, 2.75) is 24.9 Å². The van der Waals surface area contributed by atoms with Crippen LogP contribution in [-0.2, 0) is 27.9 Å². The third-order valence-corrected chi connectivity index (χ3v) is 7.79. The molecule has 0 N–H and O–H groups in total. The molecular formula is C29H27ClN2O3S. The van der Waals surface area contributed by atoms with Crippen LogP contribution in [0.1, 0.15) is 16.7 Å². The molecule has 5 nitrogen and oxygen atoms in total. The summed E-state index contributed by atoms with van der Waals surface area (Å²) in [6.07, 6.45) is 0. The number of amides is 1. The largest absolute Gasteiger partial charge is 0.332 e. The monoisotopic (exact) mass is 518 g/mol. The summed E-state index contributed by atoms with van der Waals surface area (Å²) in [5, 5.41) is 0.384. The third-order valence-electron chi connectivity index (χ3n) is 5.77. The number of aryl methyl sites for hydroxylation is 1. The molecule has 0 aliphatic carbocycles. The second-order valence-corrected chi connectivity index (χ2v) is 10.8. The molecule has 0 atom stereocenters. The van der Waals surface area contributed by atoms with Gasteiger partial charge in [-0.3, -0.25) is 9.10 Å². The minimum absolute atomic E-state index is 0.110. The molecule has 4 rings (SSSR count). The summed E-state index contributed by atoms with van der Waals surface area (Å²) >= 11 is 6.20. The molecule has 4 aromatic carbocycles. The predicted molar refractivity (Wildman–Crippen MR) is 144 cm³/mol. The van der Waals surface area contributed by atoms with E-state index in [-0.39, 0.29) is 17.3 Å². The van der Waals surface area contributed by atoms with Crippen molar-refractivity contribution in [1.82, 2.24) is 4.90 Å². The van der Waals surface area contributed by atoms with Crippen LogP contribution in [-0.4, -0.2) is 25.8 Å². The molecule has 7 heteroatoms. The summed E-state index contributed by atoms with van der Waals surface area (Å²) in [6.45, 7) is 2.22. The van der Waals surface area contributed by atoms with Crippen molar-refractivity contribution in [2.24, 2.45) is 0 Å². The van der Waals surface area contributed by atoms with E-state index in [0.717, 1.165) is 21.0 Å². The molecule has 0 heterocycles. The summed E-state index contributed by atoms with van der Waals surface area (Å²) in [7, 11) is -4.03. The number of halogens is 1. The first-order valence-corrected chi connectivity index (χ1v) is 13.4. The Morgan fingerprint density at radius 2 is 1.31 bits per heavy atom. The summed E-state index contributed by atoms with van der Waals surface area (Å²) in [5.41, 5.74) is 3.18. The minimum atomic E-state index is -4.03. The second-order valence-electron chi connectivity index (χ2n) is 8.53. The molecule has 184 valence electrons. The van der Waals surface area contributed by atoms with Gasteiger partial charge in [-0.05, 0) is 48.4 Å². The van der Waals surface area contributed by atoms with Gasteiger partial charge in [-0.2, -0.15) is 0 Å². The Labute approximate surface area is 217 Å². The average molecular weight is 519 g/mol. The fourth-order valence-electron chi connectivity index (χ4n) is 3.85. The van der Waals surface area contributed by atoms with E-state index in [9.17, 15) is 13.2 Å². The van der Waals surface area contributed by atoms with Gasteiger partial charge in [-0.1, -0.05) is 96.0 Å². The number of carbonyl (C=O) groups excluding carboxylic acids is 1. The topological polar surface area (TPSA) is 57.7 Å². The molecule has 0 fully saturated rings. The number of carbonyl (C=O) groups is 1. The maximum atomic E-state index is 13.7. The molecular weight excluding hydrogens is 492 g/mol. The van der Waals surface area contributed by atoms with Crippen LogP contribution in [0.5, 0.6) is 0 Å². The third kappa shape index (κ3) is 6.33. The fourth-order valence-corrected chi connectivity index (χ4v) is 5.44.